The molecule has 0 radical (unpaired) electrons. The zero-order valence-corrected chi connectivity index (χ0v) is 19.9. The normalized spacial score (nSPS) is 24.5. The molecule has 28 heavy (non-hydrogen) atoms. The van der Waals surface area contributed by atoms with E-state index >= 15 is 0 Å². The van der Waals surface area contributed by atoms with E-state index in [1.807, 2.05) is 0 Å². The summed E-state index contributed by atoms with van der Waals surface area (Å²) in [5.41, 5.74) is 0. The molecule has 2 saturated heterocycles. The second-order valence-electron chi connectivity index (χ2n) is 7.12. The minimum atomic E-state index is -0.134. The van der Waals surface area contributed by atoms with Crippen LogP contribution in [0.25, 0.3) is 0 Å². The number of nitrogens with one attached hydrogen (secondary N) is 1. The maximum Gasteiger partial charge on any atom is 0.310 e. The smallest absolute Gasteiger partial charge is 0.310 e. The van der Waals surface area contributed by atoms with Crippen LogP contribution >= 0.6 is 35.3 Å². The maximum absolute atomic E-state index is 12.0. The van der Waals surface area contributed by atoms with Crippen LogP contribution in [0.5, 0.6) is 0 Å². The van der Waals surface area contributed by atoms with Crippen LogP contribution in [0, 0.1) is 11.8 Å². The third-order valence-corrected chi connectivity index (χ3v) is 6.41. The number of morpholine rings is 1. The van der Waals surface area contributed by atoms with Gasteiger partial charge in [0.2, 0.25) is 0 Å². The van der Waals surface area contributed by atoms with Crippen LogP contribution in [0.1, 0.15) is 17.8 Å². The number of guanidine groups is 1. The standard InChI is InChI=1S/C19H30N4O3S.HI/c1-14-12-23(13-15(14)18(24)25-3)19(20-2)21-11-16(17-5-4-10-27-17)22-6-8-26-9-7-22;/h4-5,10,14-16H,6-9,11-13H2,1-3H3,(H,20,21);1H. The number of thiophene rings is 1. The summed E-state index contributed by atoms with van der Waals surface area (Å²) in [5, 5.41) is 5.67. The predicted molar refractivity (Wildman–Crippen MR) is 122 cm³/mol. The fourth-order valence-electron chi connectivity index (χ4n) is 3.90. The highest BCUT2D eigenvalue weighted by Gasteiger charge is 2.37. The number of ether oxygens (including phenoxy) is 2. The first-order valence-corrected chi connectivity index (χ1v) is 10.4. The molecule has 0 aliphatic carbocycles. The van der Waals surface area contributed by atoms with Crippen LogP contribution < -0.4 is 5.32 Å². The van der Waals surface area contributed by atoms with E-state index in [1.165, 1.54) is 12.0 Å². The fourth-order valence-corrected chi connectivity index (χ4v) is 4.76. The number of carbonyl (C=O) groups is 1. The van der Waals surface area contributed by atoms with Gasteiger partial charge in [-0.25, -0.2) is 0 Å². The van der Waals surface area contributed by atoms with Crippen LogP contribution in [-0.2, 0) is 14.3 Å². The lowest BCUT2D eigenvalue weighted by molar-refractivity contribution is -0.145. The molecule has 2 aliphatic rings. The number of nitrogens with zero attached hydrogens (tertiary/aromatic N) is 3. The van der Waals surface area contributed by atoms with Gasteiger partial charge in [-0.1, -0.05) is 13.0 Å². The molecule has 3 heterocycles. The maximum atomic E-state index is 12.0. The van der Waals surface area contributed by atoms with E-state index in [-0.39, 0.29) is 41.8 Å². The highest BCUT2D eigenvalue weighted by atomic mass is 127. The van der Waals surface area contributed by atoms with Crippen molar-refractivity contribution in [2.75, 3.05) is 60.1 Å². The Bertz CT molecular complexity index is 637. The van der Waals surface area contributed by atoms with Gasteiger partial charge in [0.15, 0.2) is 5.96 Å². The summed E-state index contributed by atoms with van der Waals surface area (Å²) in [5.74, 6) is 0.873. The van der Waals surface area contributed by atoms with Crippen molar-refractivity contribution < 1.29 is 14.3 Å². The minimum Gasteiger partial charge on any atom is -0.469 e. The first-order chi connectivity index (χ1) is 13.1. The molecular formula is C19H31IN4O3S. The SMILES string of the molecule is CN=C(NCC(c1cccs1)N1CCOCC1)N1CC(C)C(C(=O)OC)C1.I. The van der Waals surface area contributed by atoms with Gasteiger partial charge in [-0.15, -0.1) is 35.3 Å². The van der Waals surface area contributed by atoms with E-state index in [1.54, 1.807) is 18.4 Å². The van der Waals surface area contributed by atoms with Crippen LogP contribution in [-0.4, -0.2) is 81.8 Å². The first-order valence-electron chi connectivity index (χ1n) is 9.52. The number of hydrogen-bond donors (Lipinski definition) is 1. The summed E-state index contributed by atoms with van der Waals surface area (Å²) in [7, 11) is 3.26. The summed E-state index contributed by atoms with van der Waals surface area (Å²) >= 11 is 1.79. The Balaban J connectivity index is 0.00000280. The Morgan fingerprint density at radius 1 is 1.43 bits per heavy atom. The van der Waals surface area contributed by atoms with Gasteiger partial charge in [0.1, 0.15) is 0 Å². The molecule has 3 unspecified atom stereocenters. The molecule has 1 N–H and O–H groups in total. The van der Waals surface area contributed by atoms with E-state index < -0.39 is 0 Å². The molecule has 1 aromatic rings. The van der Waals surface area contributed by atoms with Crippen molar-refractivity contribution in [1.29, 1.82) is 0 Å². The number of halogens is 1. The van der Waals surface area contributed by atoms with Gasteiger partial charge >= 0.3 is 5.97 Å². The van der Waals surface area contributed by atoms with Crippen molar-refractivity contribution in [1.82, 2.24) is 15.1 Å². The van der Waals surface area contributed by atoms with E-state index in [9.17, 15) is 4.79 Å². The van der Waals surface area contributed by atoms with Crippen LogP contribution in [0.3, 0.4) is 0 Å². The number of esters is 1. The molecule has 158 valence electrons. The first kappa shape index (κ1) is 23.4. The van der Waals surface area contributed by atoms with Crippen LogP contribution in [0.2, 0.25) is 0 Å². The van der Waals surface area contributed by atoms with Crippen molar-refractivity contribution in [2.24, 2.45) is 16.8 Å². The summed E-state index contributed by atoms with van der Waals surface area (Å²) in [4.78, 5) is 22.4. The molecule has 1 aromatic heterocycles. The molecule has 2 aliphatic heterocycles. The van der Waals surface area contributed by atoms with E-state index in [0.29, 0.717) is 12.6 Å². The summed E-state index contributed by atoms with van der Waals surface area (Å²) in [6.07, 6.45) is 0. The molecule has 0 aromatic carbocycles. The molecule has 0 bridgehead atoms. The Kier molecular flexibility index (Phi) is 9.45. The van der Waals surface area contributed by atoms with E-state index in [0.717, 1.165) is 45.4 Å². The van der Waals surface area contributed by atoms with Gasteiger partial charge < -0.3 is 19.7 Å². The monoisotopic (exact) mass is 522 g/mol. The molecule has 0 spiro atoms. The molecule has 0 saturated carbocycles. The molecule has 7 nitrogen and oxygen atoms in total. The van der Waals surface area contributed by atoms with E-state index in [4.69, 9.17) is 9.47 Å². The van der Waals surface area contributed by atoms with Gasteiger partial charge in [-0.3, -0.25) is 14.7 Å². The molecule has 3 rings (SSSR count). The number of rotatable bonds is 5. The quantitative estimate of drug-likeness (QED) is 0.277. The highest BCUT2D eigenvalue weighted by Crippen LogP contribution is 2.27. The van der Waals surface area contributed by atoms with Gasteiger partial charge in [0.05, 0.1) is 32.3 Å². The van der Waals surface area contributed by atoms with Crippen LogP contribution in [0.15, 0.2) is 22.5 Å². The molecular weight excluding hydrogens is 491 g/mol. The molecule has 9 heteroatoms. The number of likely N-dealkylation sites (tertiary alicyclic amines) is 1. The van der Waals surface area contributed by atoms with Crippen molar-refractivity contribution in [3.63, 3.8) is 0 Å². The van der Waals surface area contributed by atoms with E-state index in [2.05, 4.69) is 44.5 Å². The summed E-state index contributed by atoms with van der Waals surface area (Å²) in [6, 6.07) is 4.59. The second-order valence-corrected chi connectivity index (χ2v) is 8.10. The highest BCUT2D eigenvalue weighted by molar-refractivity contribution is 14.0. The molecule has 3 atom stereocenters. The lowest BCUT2D eigenvalue weighted by atomic mass is 9.99. The minimum absolute atomic E-state index is 0. The third kappa shape index (κ3) is 5.58. The largest absolute Gasteiger partial charge is 0.469 e. The average molecular weight is 522 g/mol. The Hall–Kier alpha value is -0.910. The molecule has 0 amide bonds. The van der Waals surface area contributed by atoms with Gasteiger partial charge in [0.25, 0.3) is 0 Å². The number of methoxy groups -OCH3 is 1. The fraction of sp³-hybridized carbons (Fsp3) is 0.684. The van der Waals surface area contributed by atoms with Crippen molar-refractivity contribution in [3.8, 4) is 0 Å². The zero-order valence-electron chi connectivity index (χ0n) is 16.8. The zero-order chi connectivity index (χ0) is 19.2. The predicted octanol–water partition coefficient (Wildman–Crippen LogP) is 2.06. The number of hydrogen-bond acceptors (Lipinski definition) is 6. The summed E-state index contributed by atoms with van der Waals surface area (Å²) < 4.78 is 10.5. The lowest BCUT2D eigenvalue weighted by Gasteiger charge is -2.35. The van der Waals surface area contributed by atoms with Crippen molar-refractivity contribution in [2.45, 2.75) is 13.0 Å². The van der Waals surface area contributed by atoms with Crippen molar-refractivity contribution in [3.05, 3.63) is 22.4 Å². The Labute approximate surface area is 188 Å². The topological polar surface area (TPSA) is 66.4 Å². The Morgan fingerprint density at radius 3 is 2.79 bits per heavy atom. The van der Waals surface area contributed by atoms with Gasteiger partial charge in [-0.2, -0.15) is 0 Å². The average Bonchev–Trinajstić information content (AvgIpc) is 3.35. The number of aliphatic imine (C=N–C) groups is 1. The van der Waals surface area contributed by atoms with Gasteiger partial charge in [-0.05, 0) is 17.4 Å². The van der Waals surface area contributed by atoms with Gasteiger partial charge in [0, 0.05) is 44.6 Å². The lowest BCUT2D eigenvalue weighted by Crippen LogP contribution is -2.47. The summed E-state index contributed by atoms with van der Waals surface area (Å²) in [6.45, 7) is 7.76. The van der Waals surface area contributed by atoms with Crippen LogP contribution in [0.4, 0.5) is 0 Å². The number of carbonyl (C=O) groups excluding carboxylic acids is 1. The Morgan fingerprint density at radius 2 is 2.18 bits per heavy atom. The van der Waals surface area contributed by atoms with Crippen molar-refractivity contribution >= 4 is 47.2 Å². The molecule has 2 fully saturated rings. The second kappa shape index (κ2) is 11.3. The third-order valence-electron chi connectivity index (χ3n) is 5.44.